The smallest absolute Gasteiger partial charge is 0.332 e. The second kappa shape index (κ2) is 9.67. The summed E-state index contributed by atoms with van der Waals surface area (Å²) in [7, 11) is 1.37. The van der Waals surface area contributed by atoms with Crippen molar-refractivity contribution in [1.82, 2.24) is 4.90 Å². The number of unbranched alkanes of at least 4 members (excludes halogenated alkanes) is 1. The van der Waals surface area contributed by atoms with Gasteiger partial charge in [0.25, 0.3) is 0 Å². The fraction of sp³-hybridized carbons (Fsp3) is 0.600. The molecular weight excluding hydrogens is 334 g/mol. The molecule has 0 aliphatic carbocycles. The van der Waals surface area contributed by atoms with E-state index >= 15 is 0 Å². The van der Waals surface area contributed by atoms with Crippen molar-refractivity contribution in [3.63, 3.8) is 0 Å². The normalized spacial score (nSPS) is 16.9. The van der Waals surface area contributed by atoms with Gasteiger partial charge in [-0.05, 0) is 44.4 Å². The summed E-state index contributed by atoms with van der Waals surface area (Å²) < 4.78 is 17.4. The number of amides is 1. The van der Waals surface area contributed by atoms with Crippen LogP contribution in [-0.2, 0) is 14.3 Å². The summed E-state index contributed by atoms with van der Waals surface area (Å²) in [6.45, 7) is 3.68. The van der Waals surface area contributed by atoms with Crippen molar-refractivity contribution in [2.24, 2.45) is 0 Å². The number of carbonyl (C=O) groups excluding carboxylic acids is 2. The van der Waals surface area contributed by atoms with Gasteiger partial charge in [-0.15, -0.1) is 0 Å². The number of benzene rings is 1. The number of hydrogen-bond acceptors (Lipinski definition) is 4. The van der Waals surface area contributed by atoms with Crippen LogP contribution in [0.1, 0.15) is 39.0 Å². The Morgan fingerprint density at radius 2 is 1.85 bits per heavy atom. The molecule has 5 nitrogen and oxygen atoms in total. The molecule has 0 radical (unpaired) electrons. The molecule has 1 aromatic carbocycles. The molecule has 144 valence electrons. The van der Waals surface area contributed by atoms with Crippen molar-refractivity contribution >= 4 is 17.6 Å². The van der Waals surface area contributed by atoms with E-state index < -0.39 is 5.54 Å². The predicted octanol–water partition coefficient (Wildman–Crippen LogP) is 3.19. The number of esters is 1. The first-order valence-electron chi connectivity index (χ1n) is 9.34. The number of piperidine rings is 1. The molecule has 0 spiro atoms. The van der Waals surface area contributed by atoms with Crippen LogP contribution in [0, 0.1) is 0 Å². The maximum atomic E-state index is 12.8. The average molecular weight is 363 g/mol. The van der Waals surface area contributed by atoms with Gasteiger partial charge in [0, 0.05) is 25.2 Å². The van der Waals surface area contributed by atoms with Crippen LogP contribution in [0.4, 0.5) is 10.1 Å². The maximum Gasteiger partial charge on any atom is 0.332 e. The van der Waals surface area contributed by atoms with Gasteiger partial charge in [0.2, 0.25) is 5.91 Å². The van der Waals surface area contributed by atoms with Crippen molar-refractivity contribution in [3.05, 3.63) is 30.3 Å². The van der Waals surface area contributed by atoms with Gasteiger partial charge < -0.3 is 9.64 Å². The fourth-order valence-corrected chi connectivity index (χ4v) is 3.65. The lowest BCUT2D eigenvalue weighted by Gasteiger charge is -2.46. The van der Waals surface area contributed by atoms with E-state index in [1.807, 2.05) is 30.3 Å². The molecule has 6 heteroatoms. The molecule has 1 fully saturated rings. The molecule has 0 bridgehead atoms. The number of hydrogen-bond donors (Lipinski definition) is 0. The van der Waals surface area contributed by atoms with E-state index in [4.69, 9.17) is 4.74 Å². The van der Waals surface area contributed by atoms with Crippen LogP contribution in [0.25, 0.3) is 0 Å². The van der Waals surface area contributed by atoms with Crippen LogP contribution in [0.15, 0.2) is 30.3 Å². The lowest BCUT2D eigenvalue weighted by atomic mass is 9.84. The first-order chi connectivity index (χ1) is 12.6. The van der Waals surface area contributed by atoms with E-state index in [1.165, 1.54) is 7.11 Å². The molecule has 1 aliphatic rings. The number of rotatable bonds is 8. The molecule has 0 N–H and O–H groups in total. The van der Waals surface area contributed by atoms with Crippen LogP contribution in [0.3, 0.4) is 0 Å². The summed E-state index contributed by atoms with van der Waals surface area (Å²) in [4.78, 5) is 29.5. The summed E-state index contributed by atoms with van der Waals surface area (Å²) in [6.07, 6.45) is 2.70. The third kappa shape index (κ3) is 4.41. The van der Waals surface area contributed by atoms with Gasteiger partial charge in [-0.1, -0.05) is 25.1 Å². The number of anilines is 1. The third-order valence-corrected chi connectivity index (χ3v) is 5.10. The Morgan fingerprint density at radius 3 is 2.38 bits per heavy atom. The Hall–Kier alpha value is -1.95. The Balaban J connectivity index is 2.28. The predicted molar refractivity (Wildman–Crippen MR) is 99.8 cm³/mol. The molecule has 1 saturated heterocycles. The van der Waals surface area contributed by atoms with Crippen molar-refractivity contribution in [2.75, 3.05) is 38.3 Å². The highest BCUT2D eigenvalue weighted by atomic mass is 18.2. The Morgan fingerprint density at radius 1 is 1.19 bits per heavy atom. The first-order valence-corrected chi connectivity index (χ1v) is 9.34. The van der Waals surface area contributed by atoms with Crippen molar-refractivity contribution in [3.8, 4) is 0 Å². The highest BCUT2D eigenvalue weighted by Gasteiger charge is 2.49. The Labute approximate surface area is 155 Å². The standard InChI is InChI=1S/C20H29FN2O3/c1-3-18(24)23(17-9-5-4-6-10-17)20(19(25)26-2)11-15-22(16-12-20)14-8-7-13-21/h4-6,9-10H,3,7-8,11-16H2,1-2H3/i21-1. The minimum atomic E-state index is -0.986. The second-order valence-corrected chi connectivity index (χ2v) is 6.68. The third-order valence-electron chi connectivity index (χ3n) is 5.10. The molecule has 0 unspecified atom stereocenters. The second-order valence-electron chi connectivity index (χ2n) is 6.68. The van der Waals surface area contributed by atoms with Crippen LogP contribution < -0.4 is 4.90 Å². The topological polar surface area (TPSA) is 49.9 Å². The summed E-state index contributed by atoms with van der Waals surface area (Å²) in [6, 6.07) is 9.32. The lowest BCUT2D eigenvalue weighted by molar-refractivity contribution is -0.151. The number of carbonyl (C=O) groups is 2. The zero-order valence-electron chi connectivity index (χ0n) is 15.7. The maximum absolute atomic E-state index is 12.8. The van der Waals surface area contributed by atoms with Gasteiger partial charge >= 0.3 is 5.97 Å². The van der Waals surface area contributed by atoms with Crippen LogP contribution >= 0.6 is 0 Å². The number of likely N-dealkylation sites (tertiary alicyclic amines) is 1. The molecule has 1 aliphatic heterocycles. The van der Waals surface area contributed by atoms with Crippen molar-refractivity contribution < 1.29 is 18.7 Å². The summed E-state index contributed by atoms with van der Waals surface area (Å²) in [5, 5.41) is 0. The van der Waals surface area contributed by atoms with Gasteiger partial charge in [0.15, 0.2) is 0 Å². The van der Waals surface area contributed by atoms with Crippen molar-refractivity contribution in [1.29, 1.82) is 0 Å². The molecule has 0 saturated carbocycles. The Kier molecular flexibility index (Phi) is 7.57. The van der Waals surface area contributed by atoms with E-state index in [9.17, 15) is 14.0 Å². The summed E-state index contributed by atoms with van der Waals surface area (Å²) >= 11 is 0. The fourth-order valence-electron chi connectivity index (χ4n) is 3.65. The van der Waals surface area contributed by atoms with Crippen LogP contribution in [0.5, 0.6) is 0 Å². The van der Waals surface area contributed by atoms with E-state index in [2.05, 4.69) is 4.90 Å². The van der Waals surface area contributed by atoms with E-state index in [0.29, 0.717) is 38.8 Å². The van der Waals surface area contributed by atoms with E-state index in [0.717, 1.165) is 18.7 Å². The number of nitrogens with zero attached hydrogens (tertiary/aromatic N) is 2. The minimum absolute atomic E-state index is 0.0903. The zero-order chi connectivity index (χ0) is 19.0. The number of alkyl halides is 1. The molecule has 1 amide bonds. The zero-order valence-corrected chi connectivity index (χ0v) is 15.7. The van der Waals surface area contributed by atoms with Gasteiger partial charge in [0.05, 0.1) is 13.8 Å². The largest absolute Gasteiger partial charge is 0.467 e. The van der Waals surface area contributed by atoms with Crippen LogP contribution in [0.2, 0.25) is 0 Å². The molecule has 26 heavy (non-hydrogen) atoms. The molecule has 1 heterocycles. The molecule has 0 atom stereocenters. The molecule has 0 aromatic heterocycles. The quantitative estimate of drug-likeness (QED) is 0.526. The van der Waals surface area contributed by atoms with Gasteiger partial charge in [-0.2, -0.15) is 0 Å². The molecular formula is C20H29FN2O3. The Bertz CT molecular complexity index is 586. The highest BCUT2D eigenvalue weighted by Crippen LogP contribution is 2.35. The number of para-hydroxylation sites is 1. The minimum Gasteiger partial charge on any atom is -0.467 e. The van der Waals surface area contributed by atoms with Crippen molar-refractivity contribution in [2.45, 2.75) is 44.6 Å². The highest BCUT2D eigenvalue weighted by molar-refractivity contribution is 6.02. The SMILES string of the molecule is CCC(=O)N(c1ccccc1)C1(C(=O)OC)CCN(CCCC[18F])CC1. The van der Waals surface area contributed by atoms with E-state index in [1.54, 1.807) is 11.8 Å². The number of ether oxygens (including phenoxy) is 1. The number of halogens is 1. The van der Waals surface area contributed by atoms with Gasteiger partial charge in [0.1, 0.15) is 5.54 Å². The lowest BCUT2D eigenvalue weighted by Crippen LogP contribution is -2.62. The van der Waals surface area contributed by atoms with Gasteiger partial charge in [-0.3, -0.25) is 14.1 Å². The van der Waals surface area contributed by atoms with Gasteiger partial charge in [-0.25, -0.2) is 4.79 Å². The average Bonchev–Trinajstić information content (AvgIpc) is 2.69. The van der Waals surface area contributed by atoms with E-state index in [-0.39, 0.29) is 18.6 Å². The molecule has 1 aromatic rings. The van der Waals surface area contributed by atoms with Crippen LogP contribution in [-0.4, -0.2) is 55.7 Å². The molecule has 2 rings (SSSR count). The monoisotopic (exact) mass is 363 g/mol. The summed E-state index contributed by atoms with van der Waals surface area (Å²) in [5.41, 5.74) is -0.268. The number of methoxy groups -OCH3 is 1. The first kappa shape index (κ1) is 20.4. The summed E-state index contributed by atoms with van der Waals surface area (Å²) in [5.74, 6) is -0.459.